The molecule has 2 aromatic heterocycles. The first kappa shape index (κ1) is 12.1. The van der Waals surface area contributed by atoms with E-state index in [9.17, 15) is 0 Å². The lowest BCUT2D eigenvalue weighted by Crippen LogP contribution is -2.12. The Morgan fingerprint density at radius 3 is 2.94 bits per heavy atom. The predicted octanol–water partition coefficient (Wildman–Crippen LogP) is 0.534. The van der Waals surface area contributed by atoms with E-state index in [0.717, 1.165) is 29.8 Å². The highest BCUT2D eigenvalue weighted by atomic mass is 32.2. The number of aromatic nitrogens is 5. The molecule has 0 amide bonds. The van der Waals surface area contributed by atoms with E-state index in [1.54, 1.807) is 18.0 Å². The van der Waals surface area contributed by atoms with Gasteiger partial charge >= 0.3 is 0 Å². The second-order valence-electron chi connectivity index (χ2n) is 3.62. The molecule has 0 bridgehead atoms. The van der Waals surface area contributed by atoms with Crippen LogP contribution in [0.25, 0.3) is 0 Å². The maximum atomic E-state index is 5.57. The quantitative estimate of drug-likeness (QED) is 0.759. The number of nitrogens with two attached hydrogens (primary N) is 1. The Kier molecular flexibility index (Phi) is 4.16. The molecule has 2 heterocycles. The molecule has 2 N–H and O–H groups in total. The SMILES string of the molecule is Cc1nnc(SCCn2ccnc2)n1CCN. The van der Waals surface area contributed by atoms with Gasteiger partial charge in [0.2, 0.25) is 0 Å². The van der Waals surface area contributed by atoms with E-state index in [1.807, 2.05) is 24.0 Å². The van der Waals surface area contributed by atoms with Crippen molar-refractivity contribution in [3.8, 4) is 0 Å². The molecule has 0 aliphatic heterocycles. The van der Waals surface area contributed by atoms with Crippen molar-refractivity contribution in [1.29, 1.82) is 0 Å². The molecule has 2 rings (SSSR count). The van der Waals surface area contributed by atoms with Crippen LogP contribution in [0.1, 0.15) is 5.82 Å². The standard InChI is InChI=1S/C10H16N6S/c1-9-13-14-10(16(9)4-2-11)17-7-6-15-5-3-12-8-15/h3,5,8H,2,4,6-7,11H2,1H3. The Labute approximate surface area is 104 Å². The Balaban J connectivity index is 1.90. The number of imidazole rings is 1. The van der Waals surface area contributed by atoms with E-state index in [1.165, 1.54) is 0 Å². The van der Waals surface area contributed by atoms with Crippen molar-refractivity contribution in [3.63, 3.8) is 0 Å². The molecule has 0 saturated carbocycles. The van der Waals surface area contributed by atoms with Gasteiger partial charge in [-0.25, -0.2) is 4.98 Å². The molecule has 0 aromatic carbocycles. The van der Waals surface area contributed by atoms with E-state index in [2.05, 4.69) is 19.7 Å². The van der Waals surface area contributed by atoms with Gasteiger partial charge < -0.3 is 14.9 Å². The molecular weight excluding hydrogens is 236 g/mol. The van der Waals surface area contributed by atoms with Crippen LogP contribution in [-0.2, 0) is 13.1 Å². The van der Waals surface area contributed by atoms with Gasteiger partial charge in [-0.2, -0.15) is 0 Å². The third-order valence-corrected chi connectivity index (χ3v) is 3.34. The highest BCUT2D eigenvalue weighted by Gasteiger charge is 2.08. The van der Waals surface area contributed by atoms with Crippen LogP contribution < -0.4 is 5.73 Å². The number of nitrogens with zero attached hydrogens (tertiary/aromatic N) is 5. The monoisotopic (exact) mass is 252 g/mol. The van der Waals surface area contributed by atoms with Crippen molar-refractivity contribution < 1.29 is 0 Å². The number of aryl methyl sites for hydroxylation is 2. The van der Waals surface area contributed by atoms with E-state index >= 15 is 0 Å². The van der Waals surface area contributed by atoms with Crippen molar-refractivity contribution in [2.75, 3.05) is 12.3 Å². The molecule has 0 atom stereocenters. The number of thioether (sulfide) groups is 1. The van der Waals surface area contributed by atoms with Crippen LogP contribution >= 0.6 is 11.8 Å². The third-order valence-electron chi connectivity index (χ3n) is 2.39. The van der Waals surface area contributed by atoms with Crippen molar-refractivity contribution in [3.05, 3.63) is 24.5 Å². The van der Waals surface area contributed by atoms with Crippen LogP contribution in [0.2, 0.25) is 0 Å². The van der Waals surface area contributed by atoms with Crippen LogP contribution in [-0.4, -0.2) is 36.6 Å². The number of hydrogen-bond acceptors (Lipinski definition) is 5. The minimum atomic E-state index is 0.605. The zero-order valence-corrected chi connectivity index (χ0v) is 10.6. The Hall–Kier alpha value is -1.34. The maximum absolute atomic E-state index is 5.57. The van der Waals surface area contributed by atoms with Gasteiger partial charge in [-0.1, -0.05) is 11.8 Å². The van der Waals surface area contributed by atoms with Gasteiger partial charge in [0, 0.05) is 37.8 Å². The van der Waals surface area contributed by atoms with Gasteiger partial charge in [0.1, 0.15) is 5.82 Å². The third kappa shape index (κ3) is 3.07. The summed E-state index contributed by atoms with van der Waals surface area (Å²) >= 11 is 1.69. The first-order chi connectivity index (χ1) is 8.31. The summed E-state index contributed by atoms with van der Waals surface area (Å²) in [5.74, 6) is 1.86. The summed E-state index contributed by atoms with van der Waals surface area (Å²) in [6.45, 7) is 4.24. The molecule has 0 radical (unpaired) electrons. The summed E-state index contributed by atoms with van der Waals surface area (Å²) in [7, 11) is 0. The molecule has 0 aliphatic rings. The first-order valence-corrected chi connectivity index (χ1v) is 6.48. The van der Waals surface area contributed by atoms with Gasteiger partial charge in [-0.05, 0) is 6.92 Å². The summed E-state index contributed by atoms with van der Waals surface area (Å²) in [6, 6.07) is 0. The summed E-state index contributed by atoms with van der Waals surface area (Å²) < 4.78 is 4.10. The van der Waals surface area contributed by atoms with Crippen LogP contribution in [0.5, 0.6) is 0 Å². The molecule has 6 nitrogen and oxygen atoms in total. The van der Waals surface area contributed by atoms with Crippen molar-refractivity contribution in [1.82, 2.24) is 24.3 Å². The molecule has 92 valence electrons. The summed E-state index contributed by atoms with van der Waals surface area (Å²) in [5, 5.41) is 9.15. The topological polar surface area (TPSA) is 74.5 Å². The fourth-order valence-electron chi connectivity index (χ4n) is 1.52. The van der Waals surface area contributed by atoms with E-state index in [-0.39, 0.29) is 0 Å². The Morgan fingerprint density at radius 2 is 2.24 bits per heavy atom. The lowest BCUT2D eigenvalue weighted by atomic mass is 10.6. The maximum Gasteiger partial charge on any atom is 0.191 e. The van der Waals surface area contributed by atoms with Crippen LogP contribution in [0.15, 0.2) is 23.9 Å². The zero-order chi connectivity index (χ0) is 12.1. The van der Waals surface area contributed by atoms with Crippen LogP contribution in [0, 0.1) is 6.92 Å². The van der Waals surface area contributed by atoms with Crippen molar-refractivity contribution in [2.45, 2.75) is 25.2 Å². The lowest BCUT2D eigenvalue weighted by molar-refractivity contribution is 0.626. The fourth-order valence-corrected chi connectivity index (χ4v) is 2.48. The molecule has 0 fully saturated rings. The molecule has 7 heteroatoms. The molecule has 17 heavy (non-hydrogen) atoms. The summed E-state index contributed by atoms with van der Waals surface area (Å²) in [5.41, 5.74) is 5.57. The van der Waals surface area contributed by atoms with Gasteiger partial charge in [0.05, 0.1) is 6.33 Å². The molecular formula is C10H16N6S. The highest BCUT2D eigenvalue weighted by Crippen LogP contribution is 2.16. The Bertz CT molecular complexity index is 449. The fraction of sp³-hybridized carbons (Fsp3) is 0.500. The second kappa shape index (κ2) is 5.83. The number of rotatable bonds is 6. The summed E-state index contributed by atoms with van der Waals surface area (Å²) in [4.78, 5) is 4.00. The lowest BCUT2D eigenvalue weighted by Gasteiger charge is -2.06. The molecule has 0 aliphatic carbocycles. The van der Waals surface area contributed by atoms with Gasteiger partial charge in [-0.3, -0.25) is 0 Å². The average molecular weight is 252 g/mol. The van der Waals surface area contributed by atoms with E-state index < -0.39 is 0 Å². The minimum Gasteiger partial charge on any atom is -0.337 e. The predicted molar refractivity (Wildman–Crippen MR) is 66.8 cm³/mol. The van der Waals surface area contributed by atoms with E-state index in [4.69, 9.17) is 5.73 Å². The van der Waals surface area contributed by atoms with Crippen LogP contribution in [0.3, 0.4) is 0 Å². The first-order valence-electron chi connectivity index (χ1n) is 5.49. The van der Waals surface area contributed by atoms with Gasteiger partial charge in [-0.15, -0.1) is 10.2 Å². The molecule has 0 saturated heterocycles. The van der Waals surface area contributed by atoms with Crippen molar-refractivity contribution in [2.24, 2.45) is 5.73 Å². The largest absolute Gasteiger partial charge is 0.337 e. The zero-order valence-electron chi connectivity index (χ0n) is 9.78. The molecule has 0 spiro atoms. The molecule has 0 unspecified atom stereocenters. The minimum absolute atomic E-state index is 0.605. The normalized spacial score (nSPS) is 10.9. The average Bonchev–Trinajstić information content (AvgIpc) is 2.93. The van der Waals surface area contributed by atoms with Crippen LogP contribution in [0.4, 0.5) is 0 Å². The second-order valence-corrected chi connectivity index (χ2v) is 4.68. The smallest absolute Gasteiger partial charge is 0.191 e. The summed E-state index contributed by atoms with van der Waals surface area (Å²) in [6.07, 6.45) is 5.55. The van der Waals surface area contributed by atoms with Crippen molar-refractivity contribution >= 4 is 11.8 Å². The van der Waals surface area contributed by atoms with E-state index in [0.29, 0.717) is 6.54 Å². The molecule has 2 aromatic rings. The number of hydrogen-bond donors (Lipinski definition) is 1. The van der Waals surface area contributed by atoms with Gasteiger partial charge in [0.25, 0.3) is 0 Å². The highest BCUT2D eigenvalue weighted by molar-refractivity contribution is 7.99. The van der Waals surface area contributed by atoms with Gasteiger partial charge in [0.15, 0.2) is 5.16 Å². The Morgan fingerprint density at radius 1 is 1.35 bits per heavy atom.